The topological polar surface area (TPSA) is 101 Å². The second-order valence-electron chi connectivity index (χ2n) is 3.45. The highest BCUT2D eigenvalue weighted by molar-refractivity contribution is 6.17. The maximum atomic E-state index is 10.7. The van der Waals surface area contributed by atoms with Crippen LogP contribution in [-0.2, 0) is 9.59 Å². The summed E-state index contributed by atoms with van der Waals surface area (Å²) in [5, 5.41) is 17.4. The van der Waals surface area contributed by atoms with E-state index in [9.17, 15) is 9.59 Å². The molecule has 0 saturated heterocycles. The standard InChI is InChI=1S/C8H12ClNO4/c9-2-1-3-4(5(3)7(11)12)6(10)8(13)14/h3-6H,1-2,10H2,(H,11,12)(H,13,14). The second-order valence-corrected chi connectivity index (χ2v) is 3.82. The molecule has 4 unspecified atom stereocenters. The van der Waals surface area contributed by atoms with E-state index in [-0.39, 0.29) is 5.92 Å². The first-order valence-electron chi connectivity index (χ1n) is 4.27. The predicted molar refractivity (Wildman–Crippen MR) is 49.1 cm³/mol. The van der Waals surface area contributed by atoms with Gasteiger partial charge in [0.2, 0.25) is 0 Å². The highest BCUT2D eigenvalue weighted by Crippen LogP contribution is 2.50. The van der Waals surface area contributed by atoms with Crippen molar-refractivity contribution in [2.75, 3.05) is 5.88 Å². The second kappa shape index (κ2) is 4.14. The quantitative estimate of drug-likeness (QED) is 0.566. The van der Waals surface area contributed by atoms with Gasteiger partial charge in [0.15, 0.2) is 0 Å². The monoisotopic (exact) mass is 221 g/mol. The fourth-order valence-corrected chi connectivity index (χ4v) is 2.15. The number of carbonyl (C=O) groups is 2. The molecule has 0 aromatic carbocycles. The molecule has 0 radical (unpaired) electrons. The lowest BCUT2D eigenvalue weighted by molar-refractivity contribution is -0.140. The van der Waals surface area contributed by atoms with E-state index in [1.807, 2.05) is 0 Å². The van der Waals surface area contributed by atoms with Gasteiger partial charge in [-0.2, -0.15) is 0 Å². The Balaban J connectivity index is 2.62. The lowest BCUT2D eigenvalue weighted by Crippen LogP contribution is -2.34. The highest BCUT2D eigenvalue weighted by Gasteiger charge is 2.58. The Bertz CT molecular complexity index is 258. The number of alkyl halides is 1. The van der Waals surface area contributed by atoms with Gasteiger partial charge in [0.1, 0.15) is 6.04 Å². The molecule has 0 heterocycles. The third-order valence-corrected chi connectivity index (χ3v) is 2.88. The Morgan fingerprint density at radius 1 is 1.43 bits per heavy atom. The van der Waals surface area contributed by atoms with E-state index in [0.717, 1.165) is 0 Å². The first-order valence-corrected chi connectivity index (χ1v) is 4.81. The normalized spacial score (nSPS) is 32.3. The largest absolute Gasteiger partial charge is 0.481 e. The molecule has 6 heteroatoms. The summed E-state index contributed by atoms with van der Waals surface area (Å²) >= 11 is 5.47. The smallest absolute Gasteiger partial charge is 0.320 e. The summed E-state index contributed by atoms with van der Waals surface area (Å²) in [5.41, 5.74) is 5.36. The van der Waals surface area contributed by atoms with Crippen LogP contribution in [-0.4, -0.2) is 34.1 Å². The predicted octanol–water partition coefficient (Wildman–Crippen LogP) is -0.0260. The van der Waals surface area contributed by atoms with Gasteiger partial charge in [-0.25, -0.2) is 0 Å². The van der Waals surface area contributed by atoms with Gasteiger partial charge in [0, 0.05) is 11.8 Å². The van der Waals surface area contributed by atoms with Gasteiger partial charge in [-0.3, -0.25) is 9.59 Å². The average molecular weight is 222 g/mol. The highest BCUT2D eigenvalue weighted by atomic mass is 35.5. The minimum absolute atomic E-state index is 0.184. The molecule has 80 valence electrons. The molecule has 0 aliphatic heterocycles. The summed E-state index contributed by atoms with van der Waals surface area (Å²) in [4.78, 5) is 21.2. The number of halogens is 1. The van der Waals surface area contributed by atoms with Crippen molar-refractivity contribution in [2.45, 2.75) is 12.5 Å². The molecule has 0 amide bonds. The number of hydrogen-bond donors (Lipinski definition) is 3. The molecule has 1 fully saturated rings. The van der Waals surface area contributed by atoms with Crippen LogP contribution in [0.15, 0.2) is 0 Å². The minimum atomic E-state index is -1.15. The Hall–Kier alpha value is -0.810. The van der Waals surface area contributed by atoms with Crippen molar-refractivity contribution in [1.29, 1.82) is 0 Å². The molecule has 14 heavy (non-hydrogen) atoms. The molecule has 1 saturated carbocycles. The van der Waals surface area contributed by atoms with Crippen LogP contribution in [0, 0.1) is 17.8 Å². The zero-order valence-corrected chi connectivity index (χ0v) is 8.15. The first-order chi connectivity index (χ1) is 6.50. The third kappa shape index (κ3) is 1.99. The number of nitrogens with two attached hydrogens (primary N) is 1. The fraction of sp³-hybridized carbons (Fsp3) is 0.750. The van der Waals surface area contributed by atoms with Crippen LogP contribution in [0.4, 0.5) is 0 Å². The van der Waals surface area contributed by atoms with Crippen LogP contribution in [0.5, 0.6) is 0 Å². The fourth-order valence-electron chi connectivity index (χ4n) is 1.90. The van der Waals surface area contributed by atoms with E-state index in [0.29, 0.717) is 12.3 Å². The Morgan fingerprint density at radius 2 is 2.00 bits per heavy atom. The Kier molecular flexibility index (Phi) is 3.34. The van der Waals surface area contributed by atoms with Crippen molar-refractivity contribution in [2.24, 2.45) is 23.5 Å². The van der Waals surface area contributed by atoms with Crippen molar-refractivity contribution in [3.63, 3.8) is 0 Å². The van der Waals surface area contributed by atoms with E-state index in [2.05, 4.69) is 0 Å². The molecule has 0 aromatic rings. The van der Waals surface area contributed by atoms with Crippen molar-refractivity contribution in [1.82, 2.24) is 0 Å². The molecule has 4 atom stereocenters. The van der Waals surface area contributed by atoms with Crippen molar-refractivity contribution in [3.05, 3.63) is 0 Å². The van der Waals surface area contributed by atoms with E-state index in [4.69, 9.17) is 27.5 Å². The van der Waals surface area contributed by atoms with Crippen LogP contribution in [0.1, 0.15) is 6.42 Å². The van der Waals surface area contributed by atoms with Gasteiger partial charge in [-0.15, -0.1) is 11.6 Å². The van der Waals surface area contributed by atoms with E-state index < -0.39 is 29.8 Å². The zero-order valence-electron chi connectivity index (χ0n) is 7.39. The van der Waals surface area contributed by atoms with E-state index in [1.54, 1.807) is 0 Å². The molecular formula is C8H12ClNO4. The van der Waals surface area contributed by atoms with E-state index >= 15 is 0 Å². The maximum Gasteiger partial charge on any atom is 0.320 e. The molecule has 1 aliphatic carbocycles. The van der Waals surface area contributed by atoms with Crippen molar-refractivity contribution < 1.29 is 19.8 Å². The number of hydrogen-bond acceptors (Lipinski definition) is 3. The van der Waals surface area contributed by atoms with Gasteiger partial charge >= 0.3 is 11.9 Å². The van der Waals surface area contributed by atoms with E-state index in [1.165, 1.54) is 0 Å². The molecule has 1 rings (SSSR count). The molecule has 0 bridgehead atoms. The van der Waals surface area contributed by atoms with Crippen LogP contribution in [0.3, 0.4) is 0 Å². The Morgan fingerprint density at radius 3 is 2.36 bits per heavy atom. The third-order valence-electron chi connectivity index (χ3n) is 2.66. The summed E-state index contributed by atoms with van der Waals surface area (Å²) in [7, 11) is 0. The lowest BCUT2D eigenvalue weighted by atomic mass is 10.1. The SMILES string of the molecule is NC(C(=O)O)C1C(CCCl)C1C(=O)O. The van der Waals surface area contributed by atoms with Gasteiger partial charge < -0.3 is 15.9 Å². The molecule has 0 spiro atoms. The number of rotatable bonds is 5. The minimum Gasteiger partial charge on any atom is -0.481 e. The summed E-state index contributed by atoms with van der Waals surface area (Å²) in [6.45, 7) is 0. The van der Waals surface area contributed by atoms with Gasteiger partial charge in [0.25, 0.3) is 0 Å². The first kappa shape index (κ1) is 11.3. The van der Waals surface area contributed by atoms with Gasteiger partial charge in [0.05, 0.1) is 5.92 Å². The number of aliphatic carboxylic acids is 2. The maximum absolute atomic E-state index is 10.7. The van der Waals surface area contributed by atoms with Crippen LogP contribution < -0.4 is 5.73 Å². The van der Waals surface area contributed by atoms with Crippen molar-refractivity contribution >= 4 is 23.5 Å². The summed E-state index contributed by atoms with van der Waals surface area (Å²) in [5.74, 6) is -3.10. The molecular weight excluding hydrogens is 210 g/mol. The Labute approximate surface area is 85.8 Å². The van der Waals surface area contributed by atoms with Crippen molar-refractivity contribution in [3.8, 4) is 0 Å². The molecule has 4 N–H and O–H groups in total. The molecule has 5 nitrogen and oxygen atoms in total. The summed E-state index contributed by atoms with van der Waals surface area (Å²) < 4.78 is 0. The molecule has 0 aromatic heterocycles. The summed E-state index contributed by atoms with van der Waals surface area (Å²) in [6, 6.07) is -1.09. The zero-order chi connectivity index (χ0) is 10.9. The van der Waals surface area contributed by atoms with Crippen LogP contribution >= 0.6 is 11.6 Å². The lowest BCUT2D eigenvalue weighted by Gasteiger charge is -2.03. The van der Waals surface area contributed by atoms with Gasteiger partial charge in [-0.05, 0) is 12.3 Å². The number of carboxylic acids is 2. The van der Waals surface area contributed by atoms with Crippen LogP contribution in [0.2, 0.25) is 0 Å². The number of carboxylic acid groups (broad SMARTS) is 2. The summed E-state index contributed by atoms with van der Waals surface area (Å²) in [6.07, 6.45) is 0.504. The average Bonchev–Trinajstić information content (AvgIpc) is 2.78. The molecule has 1 aliphatic rings. The van der Waals surface area contributed by atoms with Gasteiger partial charge in [-0.1, -0.05) is 0 Å². The van der Waals surface area contributed by atoms with Crippen LogP contribution in [0.25, 0.3) is 0 Å².